The third-order valence-electron chi connectivity index (χ3n) is 2.40. The smallest absolute Gasteiger partial charge is 0.335 e. The number of H-pyrrole nitrogens is 1. The number of aromatic carboxylic acids is 1. The maximum atomic E-state index is 10.8. The molecule has 2 aromatic rings. The van der Waals surface area contributed by atoms with Crippen LogP contribution < -0.4 is 5.73 Å². The van der Waals surface area contributed by atoms with Gasteiger partial charge in [-0.15, -0.1) is 0 Å². The summed E-state index contributed by atoms with van der Waals surface area (Å²) in [4.78, 5) is 18.2. The highest BCUT2D eigenvalue weighted by molar-refractivity contribution is 5.92. The summed E-state index contributed by atoms with van der Waals surface area (Å²) in [6.07, 6.45) is 1.65. The van der Waals surface area contributed by atoms with Crippen LogP contribution in [0.3, 0.4) is 0 Å². The van der Waals surface area contributed by atoms with Crippen molar-refractivity contribution in [3.05, 3.63) is 29.6 Å². The first kappa shape index (κ1) is 10.6. The Labute approximate surface area is 92.3 Å². The van der Waals surface area contributed by atoms with E-state index in [2.05, 4.69) is 9.97 Å². The van der Waals surface area contributed by atoms with Crippen molar-refractivity contribution in [1.29, 1.82) is 0 Å². The van der Waals surface area contributed by atoms with E-state index in [1.807, 2.05) is 0 Å². The van der Waals surface area contributed by atoms with Crippen molar-refractivity contribution in [1.82, 2.24) is 9.97 Å². The Morgan fingerprint density at radius 2 is 2.31 bits per heavy atom. The van der Waals surface area contributed by atoms with Crippen LogP contribution in [-0.2, 0) is 6.42 Å². The van der Waals surface area contributed by atoms with Gasteiger partial charge in [-0.05, 0) is 31.2 Å². The van der Waals surface area contributed by atoms with E-state index < -0.39 is 5.97 Å². The lowest BCUT2D eigenvalue weighted by atomic mass is 10.2. The molecule has 1 aromatic carbocycles. The molecule has 0 saturated carbocycles. The molecule has 84 valence electrons. The second-order valence-electron chi connectivity index (χ2n) is 3.61. The molecule has 0 bridgehead atoms. The highest BCUT2D eigenvalue weighted by Crippen LogP contribution is 2.14. The normalized spacial score (nSPS) is 10.8. The molecular formula is C11H13N3O2. The number of carbonyl (C=O) groups is 1. The average Bonchev–Trinajstić information content (AvgIpc) is 2.67. The number of benzene rings is 1. The quantitative estimate of drug-likeness (QED) is 0.719. The van der Waals surface area contributed by atoms with Crippen molar-refractivity contribution in [2.75, 3.05) is 6.54 Å². The van der Waals surface area contributed by atoms with E-state index in [0.29, 0.717) is 6.54 Å². The maximum absolute atomic E-state index is 10.8. The van der Waals surface area contributed by atoms with Crippen LogP contribution in [0, 0.1) is 0 Å². The number of hydrogen-bond donors (Lipinski definition) is 3. The van der Waals surface area contributed by atoms with Crippen molar-refractivity contribution in [3.8, 4) is 0 Å². The summed E-state index contributed by atoms with van der Waals surface area (Å²) in [5.41, 5.74) is 7.23. The van der Waals surface area contributed by atoms with E-state index in [-0.39, 0.29) is 5.56 Å². The molecule has 0 aliphatic rings. The summed E-state index contributed by atoms with van der Waals surface area (Å²) < 4.78 is 0. The number of aromatic amines is 1. The van der Waals surface area contributed by atoms with Crippen LogP contribution in [0.5, 0.6) is 0 Å². The SMILES string of the molecule is NCCCc1nc2ccc(C(=O)O)cc2[nH]1. The summed E-state index contributed by atoms with van der Waals surface area (Å²) in [6.45, 7) is 0.622. The van der Waals surface area contributed by atoms with Gasteiger partial charge in [-0.3, -0.25) is 0 Å². The molecule has 5 heteroatoms. The van der Waals surface area contributed by atoms with Crippen molar-refractivity contribution >= 4 is 17.0 Å². The van der Waals surface area contributed by atoms with Crippen LogP contribution in [0.4, 0.5) is 0 Å². The number of carboxylic acid groups (broad SMARTS) is 1. The minimum atomic E-state index is -0.931. The summed E-state index contributed by atoms with van der Waals surface area (Å²) in [6, 6.07) is 4.86. The van der Waals surface area contributed by atoms with Crippen molar-refractivity contribution in [2.24, 2.45) is 5.73 Å². The van der Waals surface area contributed by atoms with E-state index in [1.54, 1.807) is 18.2 Å². The zero-order valence-electron chi connectivity index (χ0n) is 8.73. The standard InChI is InChI=1S/C11H13N3O2/c12-5-1-2-10-13-8-4-3-7(11(15)16)6-9(8)14-10/h3-4,6H,1-2,5,12H2,(H,13,14)(H,15,16). The van der Waals surface area contributed by atoms with E-state index in [0.717, 1.165) is 29.7 Å². The lowest BCUT2D eigenvalue weighted by molar-refractivity contribution is 0.0697. The molecule has 1 heterocycles. The average molecular weight is 219 g/mol. The Hall–Kier alpha value is -1.88. The molecule has 16 heavy (non-hydrogen) atoms. The minimum Gasteiger partial charge on any atom is -0.478 e. The van der Waals surface area contributed by atoms with Gasteiger partial charge in [0, 0.05) is 6.42 Å². The Balaban J connectivity index is 2.34. The first-order valence-corrected chi connectivity index (χ1v) is 5.12. The Bertz CT molecular complexity index is 519. The highest BCUT2D eigenvalue weighted by atomic mass is 16.4. The van der Waals surface area contributed by atoms with E-state index in [1.165, 1.54) is 0 Å². The monoisotopic (exact) mass is 219 g/mol. The topological polar surface area (TPSA) is 92.0 Å². The van der Waals surface area contributed by atoms with Crippen molar-refractivity contribution in [3.63, 3.8) is 0 Å². The molecule has 0 aliphatic carbocycles. The van der Waals surface area contributed by atoms with Gasteiger partial charge in [-0.1, -0.05) is 0 Å². The van der Waals surface area contributed by atoms with Crippen molar-refractivity contribution in [2.45, 2.75) is 12.8 Å². The fraction of sp³-hybridized carbons (Fsp3) is 0.273. The van der Waals surface area contributed by atoms with Gasteiger partial charge in [0.05, 0.1) is 16.6 Å². The number of nitrogens with one attached hydrogen (secondary N) is 1. The molecule has 0 aliphatic heterocycles. The maximum Gasteiger partial charge on any atom is 0.335 e. The number of hydrogen-bond acceptors (Lipinski definition) is 3. The van der Waals surface area contributed by atoms with Gasteiger partial charge in [0.2, 0.25) is 0 Å². The molecule has 0 spiro atoms. The summed E-state index contributed by atoms with van der Waals surface area (Å²) in [7, 11) is 0. The molecule has 1 aromatic heterocycles. The summed E-state index contributed by atoms with van der Waals surface area (Å²) in [5.74, 6) is -0.0806. The molecule has 0 amide bonds. The van der Waals surface area contributed by atoms with Gasteiger partial charge >= 0.3 is 5.97 Å². The number of nitrogens with zero attached hydrogens (tertiary/aromatic N) is 1. The van der Waals surface area contributed by atoms with Crippen LogP contribution in [0.1, 0.15) is 22.6 Å². The van der Waals surface area contributed by atoms with Gasteiger partial charge in [0.25, 0.3) is 0 Å². The van der Waals surface area contributed by atoms with E-state index in [4.69, 9.17) is 10.8 Å². The Morgan fingerprint density at radius 3 is 3.00 bits per heavy atom. The Morgan fingerprint density at radius 1 is 1.50 bits per heavy atom. The Kier molecular flexibility index (Phi) is 2.87. The first-order valence-electron chi connectivity index (χ1n) is 5.12. The molecule has 0 radical (unpaired) electrons. The van der Waals surface area contributed by atoms with Gasteiger partial charge in [-0.2, -0.15) is 0 Å². The molecule has 0 saturated heterocycles. The van der Waals surface area contributed by atoms with Gasteiger partial charge < -0.3 is 15.8 Å². The van der Waals surface area contributed by atoms with Gasteiger partial charge in [0.1, 0.15) is 5.82 Å². The second-order valence-corrected chi connectivity index (χ2v) is 3.61. The molecule has 4 N–H and O–H groups in total. The zero-order chi connectivity index (χ0) is 11.5. The van der Waals surface area contributed by atoms with Crippen LogP contribution in [0.25, 0.3) is 11.0 Å². The number of nitrogens with two attached hydrogens (primary N) is 1. The number of aryl methyl sites for hydroxylation is 1. The number of fused-ring (bicyclic) bond motifs is 1. The second kappa shape index (κ2) is 4.32. The summed E-state index contributed by atoms with van der Waals surface area (Å²) >= 11 is 0. The van der Waals surface area contributed by atoms with Gasteiger partial charge in [0.15, 0.2) is 0 Å². The number of carboxylic acids is 1. The van der Waals surface area contributed by atoms with Crippen molar-refractivity contribution < 1.29 is 9.90 Å². The lowest BCUT2D eigenvalue weighted by Gasteiger charge is -1.92. The van der Waals surface area contributed by atoms with Crippen LogP contribution >= 0.6 is 0 Å². The first-order chi connectivity index (χ1) is 7.70. The molecule has 2 rings (SSSR count). The fourth-order valence-corrected chi connectivity index (χ4v) is 1.58. The minimum absolute atomic E-state index is 0.265. The highest BCUT2D eigenvalue weighted by Gasteiger charge is 2.06. The molecule has 0 unspecified atom stereocenters. The van der Waals surface area contributed by atoms with E-state index in [9.17, 15) is 4.79 Å². The molecule has 0 atom stereocenters. The summed E-state index contributed by atoms with van der Waals surface area (Å²) in [5, 5.41) is 8.84. The van der Waals surface area contributed by atoms with Gasteiger partial charge in [-0.25, -0.2) is 9.78 Å². The number of rotatable bonds is 4. The van der Waals surface area contributed by atoms with E-state index >= 15 is 0 Å². The molecule has 5 nitrogen and oxygen atoms in total. The molecule has 0 fully saturated rings. The third kappa shape index (κ3) is 2.04. The number of imidazole rings is 1. The van der Waals surface area contributed by atoms with Crippen LogP contribution in [0.15, 0.2) is 18.2 Å². The lowest BCUT2D eigenvalue weighted by Crippen LogP contribution is -2.01. The fourth-order valence-electron chi connectivity index (χ4n) is 1.58. The predicted molar refractivity (Wildman–Crippen MR) is 60.4 cm³/mol. The third-order valence-corrected chi connectivity index (χ3v) is 2.40. The van der Waals surface area contributed by atoms with Crippen LogP contribution in [0.2, 0.25) is 0 Å². The largest absolute Gasteiger partial charge is 0.478 e. The molecular weight excluding hydrogens is 206 g/mol. The number of aromatic nitrogens is 2. The predicted octanol–water partition coefficient (Wildman–Crippen LogP) is 1.15. The zero-order valence-corrected chi connectivity index (χ0v) is 8.73. The van der Waals surface area contributed by atoms with Crippen LogP contribution in [-0.4, -0.2) is 27.6 Å².